The number of ether oxygens (including phenoxy) is 1. The lowest BCUT2D eigenvalue weighted by atomic mass is 10.1. The first-order valence-corrected chi connectivity index (χ1v) is 10.3. The summed E-state index contributed by atoms with van der Waals surface area (Å²) >= 11 is 9.83. The molecule has 2 aromatic carbocycles. The molecular weight excluding hydrogens is 412 g/mol. The van der Waals surface area contributed by atoms with Crippen LogP contribution in [0.2, 0.25) is 5.02 Å². The Hall–Kier alpha value is -1.07. The third kappa shape index (κ3) is 5.71. The van der Waals surface area contributed by atoms with E-state index in [4.69, 9.17) is 16.3 Å². The molecule has 1 heterocycles. The van der Waals surface area contributed by atoms with E-state index in [2.05, 4.69) is 38.8 Å². The molecule has 0 unspecified atom stereocenters. The average Bonchev–Trinajstić information content (AvgIpc) is 2.64. The van der Waals surface area contributed by atoms with Crippen LogP contribution < -0.4 is 4.74 Å². The van der Waals surface area contributed by atoms with Crippen LogP contribution in [0.3, 0.4) is 0 Å². The predicted molar refractivity (Wildman–Crippen MR) is 112 cm³/mol. The van der Waals surface area contributed by atoms with Crippen molar-refractivity contribution in [1.82, 2.24) is 9.80 Å². The van der Waals surface area contributed by atoms with Gasteiger partial charge < -0.3 is 14.5 Å². The monoisotopic (exact) mass is 436 g/mol. The first-order valence-electron chi connectivity index (χ1n) is 9.17. The van der Waals surface area contributed by atoms with Gasteiger partial charge >= 0.3 is 0 Å². The third-order valence-electron chi connectivity index (χ3n) is 4.88. The highest BCUT2D eigenvalue weighted by Gasteiger charge is 2.13. The Morgan fingerprint density at radius 2 is 1.81 bits per heavy atom. The molecule has 5 heteroatoms. The van der Waals surface area contributed by atoms with E-state index in [1.807, 2.05) is 36.4 Å². The lowest BCUT2D eigenvalue weighted by molar-refractivity contribution is 0.153. The maximum atomic E-state index is 6.24. The van der Waals surface area contributed by atoms with Gasteiger partial charge in [-0.15, -0.1) is 0 Å². The number of aryl methyl sites for hydroxylation is 1. The number of rotatable bonds is 7. The highest BCUT2D eigenvalue weighted by Crippen LogP contribution is 2.26. The maximum absolute atomic E-state index is 6.24. The number of benzene rings is 2. The van der Waals surface area contributed by atoms with Crippen LogP contribution in [0.1, 0.15) is 17.5 Å². The Morgan fingerprint density at radius 3 is 2.58 bits per heavy atom. The topological polar surface area (TPSA) is 15.7 Å². The first kappa shape index (κ1) is 19.7. The smallest absolute Gasteiger partial charge is 0.123 e. The molecule has 1 fully saturated rings. The summed E-state index contributed by atoms with van der Waals surface area (Å²) < 4.78 is 7.18. The molecule has 0 spiro atoms. The fourth-order valence-corrected chi connectivity index (χ4v) is 3.82. The Balaban J connectivity index is 1.56. The van der Waals surface area contributed by atoms with E-state index in [1.165, 1.54) is 31.7 Å². The quantitative estimate of drug-likeness (QED) is 0.615. The summed E-state index contributed by atoms with van der Waals surface area (Å²) in [5.41, 5.74) is 2.26. The van der Waals surface area contributed by atoms with Crippen LogP contribution in [0.5, 0.6) is 5.75 Å². The number of halogens is 2. The molecule has 0 amide bonds. The van der Waals surface area contributed by atoms with Gasteiger partial charge in [0.25, 0.3) is 0 Å². The van der Waals surface area contributed by atoms with Crippen molar-refractivity contribution in [1.29, 1.82) is 0 Å². The van der Waals surface area contributed by atoms with Crippen LogP contribution in [0.15, 0.2) is 46.9 Å². The summed E-state index contributed by atoms with van der Waals surface area (Å²) in [5, 5.41) is 0.751. The zero-order valence-electron chi connectivity index (χ0n) is 15.3. The van der Waals surface area contributed by atoms with Crippen LogP contribution in [0, 0.1) is 0 Å². The van der Waals surface area contributed by atoms with Gasteiger partial charge in [-0.2, -0.15) is 0 Å². The van der Waals surface area contributed by atoms with E-state index in [0.717, 1.165) is 40.2 Å². The number of likely N-dealkylation sites (N-methyl/N-ethyl adjacent to an activating group) is 1. The van der Waals surface area contributed by atoms with Crippen molar-refractivity contribution in [2.24, 2.45) is 0 Å². The first-order chi connectivity index (χ1) is 12.6. The van der Waals surface area contributed by atoms with E-state index in [1.54, 1.807) is 0 Å². The largest absolute Gasteiger partial charge is 0.489 e. The molecule has 26 heavy (non-hydrogen) atoms. The second-order valence-corrected chi connectivity index (χ2v) is 8.20. The molecule has 2 aromatic rings. The molecule has 1 aliphatic rings. The molecule has 1 saturated heterocycles. The van der Waals surface area contributed by atoms with E-state index < -0.39 is 0 Å². The Kier molecular flexibility index (Phi) is 7.38. The van der Waals surface area contributed by atoms with Gasteiger partial charge in [0, 0.05) is 41.2 Å². The van der Waals surface area contributed by atoms with Gasteiger partial charge in [-0.3, -0.25) is 0 Å². The van der Waals surface area contributed by atoms with Gasteiger partial charge in [0.05, 0.1) is 0 Å². The van der Waals surface area contributed by atoms with Crippen molar-refractivity contribution in [3.8, 4) is 5.75 Å². The summed E-state index contributed by atoms with van der Waals surface area (Å²) in [4.78, 5) is 4.95. The van der Waals surface area contributed by atoms with E-state index >= 15 is 0 Å². The van der Waals surface area contributed by atoms with Gasteiger partial charge in [-0.25, -0.2) is 0 Å². The van der Waals surface area contributed by atoms with E-state index in [9.17, 15) is 0 Å². The molecule has 0 N–H and O–H groups in total. The second-order valence-electron chi connectivity index (χ2n) is 6.88. The van der Waals surface area contributed by atoms with Crippen LogP contribution in [0.4, 0.5) is 0 Å². The molecule has 0 aliphatic carbocycles. The summed E-state index contributed by atoms with van der Waals surface area (Å²) in [5.74, 6) is 0.950. The van der Waals surface area contributed by atoms with Crippen LogP contribution in [0.25, 0.3) is 0 Å². The zero-order chi connectivity index (χ0) is 18.4. The van der Waals surface area contributed by atoms with Gasteiger partial charge in [-0.1, -0.05) is 45.7 Å². The van der Waals surface area contributed by atoms with Gasteiger partial charge in [-0.05, 0) is 56.3 Å². The number of hydrogen-bond acceptors (Lipinski definition) is 3. The van der Waals surface area contributed by atoms with E-state index in [0.29, 0.717) is 6.61 Å². The molecule has 0 radical (unpaired) electrons. The lowest BCUT2D eigenvalue weighted by Gasteiger charge is -2.32. The molecule has 0 atom stereocenters. The van der Waals surface area contributed by atoms with Gasteiger partial charge in [0.1, 0.15) is 12.4 Å². The Morgan fingerprint density at radius 1 is 1.04 bits per heavy atom. The predicted octanol–water partition coefficient (Wildman–Crippen LogP) is 4.86. The maximum Gasteiger partial charge on any atom is 0.123 e. The van der Waals surface area contributed by atoms with Crippen molar-refractivity contribution >= 4 is 27.5 Å². The van der Waals surface area contributed by atoms with Crippen molar-refractivity contribution in [2.45, 2.75) is 19.4 Å². The van der Waals surface area contributed by atoms with Gasteiger partial charge in [0.2, 0.25) is 0 Å². The normalized spacial score (nSPS) is 16.0. The number of piperazine rings is 1. The SMILES string of the molecule is CN1CCN(CCCc2cc(Br)ccc2OCc2ccccc2Cl)CC1. The Bertz CT molecular complexity index is 717. The second kappa shape index (κ2) is 9.75. The molecule has 0 saturated carbocycles. The minimum atomic E-state index is 0.493. The van der Waals surface area contributed by atoms with Crippen LogP contribution in [-0.2, 0) is 13.0 Å². The molecule has 3 rings (SSSR count). The number of hydrogen-bond donors (Lipinski definition) is 0. The van der Waals surface area contributed by atoms with E-state index in [-0.39, 0.29) is 0 Å². The van der Waals surface area contributed by atoms with Crippen molar-refractivity contribution in [3.63, 3.8) is 0 Å². The zero-order valence-corrected chi connectivity index (χ0v) is 17.6. The minimum absolute atomic E-state index is 0.493. The van der Waals surface area contributed by atoms with Crippen molar-refractivity contribution in [2.75, 3.05) is 39.8 Å². The molecule has 1 aliphatic heterocycles. The Labute approximate surface area is 170 Å². The third-order valence-corrected chi connectivity index (χ3v) is 5.74. The highest BCUT2D eigenvalue weighted by molar-refractivity contribution is 9.10. The molecule has 0 bridgehead atoms. The van der Waals surface area contributed by atoms with Crippen LogP contribution in [-0.4, -0.2) is 49.6 Å². The fourth-order valence-electron chi connectivity index (χ4n) is 3.22. The van der Waals surface area contributed by atoms with Gasteiger partial charge in [0.15, 0.2) is 0 Å². The highest BCUT2D eigenvalue weighted by atomic mass is 79.9. The molecular formula is C21H26BrClN2O. The lowest BCUT2D eigenvalue weighted by Crippen LogP contribution is -2.44. The van der Waals surface area contributed by atoms with Crippen molar-refractivity contribution < 1.29 is 4.74 Å². The minimum Gasteiger partial charge on any atom is -0.489 e. The number of nitrogens with zero attached hydrogens (tertiary/aromatic N) is 2. The molecule has 0 aromatic heterocycles. The molecule has 140 valence electrons. The van der Waals surface area contributed by atoms with Crippen molar-refractivity contribution in [3.05, 3.63) is 63.1 Å². The summed E-state index contributed by atoms with van der Waals surface area (Å²) in [6.07, 6.45) is 2.16. The summed E-state index contributed by atoms with van der Waals surface area (Å²) in [7, 11) is 2.20. The molecule has 3 nitrogen and oxygen atoms in total. The standard InChI is InChI=1S/C21H26BrClN2O/c1-24-11-13-25(14-12-24)10-4-6-17-15-19(22)8-9-21(17)26-16-18-5-2-3-7-20(18)23/h2-3,5,7-9,15H,4,6,10-14,16H2,1H3. The average molecular weight is 438 g/mol. The summed E-state index contributed by atoms with van der Waals surface area (Å²) in [6, 6.07) is 14.1. The summed E-state index contributed by atoms with van der Waals surface area (Å²) in [6.45, 7) is 6.32. The fraction of sp³-hybridized carbons (Fsp3) is 0.429. The van der Waals surface area contributed by atoms with Crippen LogP contribution >= 0.6 is 27.5 Å².